The van der Waals surface area contributed by atoms with E-state index in [2.05, 4.69) is 11.4 Å². The van der Waals surface area contributed by atoms with E-state index in [0.717, 1.165) is 0 Å². The van der Waals surface area contributed by atoms with Gasteiger partial charge in [0.15, 0.2) is 0 Å². The standard InChI is InChI=1S/C21H19N3O2/c1-14(2)19-23-20(25)18(16-10-8-15(12-22)9-11-16)13-24(19)21(26)17-6-4-3-5-7-17/h3-11,13-14,19H,1-2H3,(H,23,25)/t19-/m0/s1. The fourth-order valence-corrected chi connectivity index (χ4v) is 2.89. The lowest BCUT2D eigenvalue weighted by Crippen LogP contribution is -2.54. The van der Waals surface area contributed by atoms with E-state index in [1.807, 2.05) is 32.0 Å². The zero-order chi connectivity index (χ0) is 18.7. The summed E-state index contributed by atoms with van der Waals surface area (Å²) < 4.78 is 0. The van der Waals surface area contributed by atoms with Gasteiger partial charge in [0.05, 0.1) is 17.2 Å². The molecular weight excluding hydrogens is 326 g/mol. The smallest absolute Gasteiger partial charge is 0.259 e. The van der Waals surface area contributed by atoms with Crippen molar-refractivity contribution in [1.82, 2.24) is 10.2 Å². The Labute approximate surface area is 152 Å². The average molecular weight is 345 g/mol. The molecule has 5 heteroatoms. The molecule has 0 unspecified atom stereocenters. The number of rotatable bonds is 3. The Morgan fingerprint density at radius 3 is 2.35 bits per heavy atom. The van der Waals surface area contributed by atoms with Crippen LogP contribution >= 0.6 is 0 Å². The summed E-state index contributed by atoms with van der Waals surface area (Å²) in [5.74, 6) is -0.355. The topological polar surface area (TPSA) is 73.2 Å². The van der Waals surface area contributed by atoms with Crippen molar-refractivity contribution < 1.29 is 9.59 Å². The summed E-state index contributed by atoms with van der Waals surface area (Å²) in [7, 11) is 0. The van der Waals surface area contributed by atoms with E-state index in [1.165, 1.54) is 0 Å². The molecule has 2 aromatic carbocycles. The van der Waals surface area contributed by atoms with E-state index in [1.54, 1.807) is 47.5 Å². The fraction of sp³-hybridized carbons (Fsp3) is 0.190. The molecule has 0 saturated heterocycles. The van der Waals surface area contributed by atoms with Gasteiger partial charge >= 0.3 is 0 Å². The SMILES string of the molecule is CC(C)[C@H]1NC(=O)C(c2ccc(C#N)cc2)=CN1C(=O)c1ccccc1. The van der Waals surface area contributed by atoms with Gasteiger partial charge in [-0.25, -0.2) is 0 Å². The zero-order valence-electron chi connectivity index (χ0n) is 14.6. The third-order valence-corrected chi connectivity index (χ3v) is 4.30. The molecule has 0 radical (unpaired) electrons. The number of benzene rings is 2. The highest BCUT2D eigenvalue weighted by Gasteiger charge is 2.33. The van der Waals surface area contributed by atoms with Crippen molar-refractivity contribution >= 4 is 17.4 Å². The highest BCUT2D eigenvalue weighted by molar-refractivity contribution is 6.21. The zero-order valence-corrected chi connectivity index (χ0v) is 14.6. The summed E-state index contributed by atoms with van der Waals surface area (Å²) in [6.07, 6.45) is 1.19. The van der Waals surface area contributed by atoms with Crippen molar-refractivity contribution in [3.05, 3.63) is 77.5 Å². The minimum atomic E-state index is -0.419. The lowest BCUT2D eigenvalue weighted by molar-refractivity contribution is -0.118. The summed E-state index contributed by atoms with van der Waals surface area (Å²) in [6, 6.07) is 17.8. The van der Waals surface area contributed by atoms with Gasteiger partial charge in [0, 0.05) is 11.8 Å². The monoisotopic (exact) mass is 345 g/mol. The van der Waals surface area contributed by atoms with Crippen LogP contribution in [0.3, 0.4) is 0 Å². The predicted octanol–water partition coefficient (Wildman–Crippen LogP) is 3.15. The van der Waals surface area contributed by atoms with E-state index in [-0.39, 0.29) is 17.7 Å². The second kappa shape index (κ2) is 7.24. The number of hydrogen-bond acceptors (Lipinski definition) is 3. The van der Waals surface area contributed by atoms with Gasteiger partial charge in [0.2, 0.25) is 0 Å². The first kappa shape index (κ1) is 17.4. The van der Waals surface area contributed by atoms with Crippen LogP contribution in [0.2, 0.25) is 0 Å². The highest BCUT2D eigenvalue weighted by atomic mass is 16.2. The molecule has 0 spiro atoms. The molecule has 1 aliphatic heterocycles. The van der Waals surface area contributed by atoms with Crippen LogP contribution in [0, 0.1) is 17.2 Å². The molecule has 1 aliphatic rings. The van der Waals surface area contributed by atoms with Crippen LogP contribution < -0.4 is 5.32 Å². The maximum Gasteiger partial charge on any atom is 0.259 e. The van der Waals surface area contributed by atoms with Crippen molar-refractivity contribution in [3.8, 4) is 6.07 Å². The summed E-state index contributed by atoms with van der Waals surface area (Å²) >= 11 is 0. The molecule has 3 rings (SSSR count). The second-order valence-corrected chi connectivity index (χ2v) is 6.47. The third kappa shape index (κ3) is 3.35. The fourth-order valence-electron chi connectivity index (χ4n) is 2.89. The van der Waals surface area contributed by atoms with Gasteiger partial charge in [-0.05, 0) is 35.7 Å². The summed E-state index contributed by atoms with van der Waals surface area (Å²) in [5, 5.41) is 11.9. The number of carbonyl (C=O) groups excluding carboxylic acids is 2. The Morgan fingerprint density at radius 2 is 1.77 bits per heavy atom. The third-order valence-electron chi connectivity index (χ3n) is 4.30. The van der Waals surface area contributed by atoms with Crippen LogP contribution in [0.1, 0.15) is 35.3 Å². The van der Waals surface area contributed by atoms with Crippen LogP contribution in [0.15, 0.2) is 60.8 Å². The molecule has 1 atom stereocenters. The molecule has 2 amide bonds. The van der Waals surface area contributed by atoms with Crippen LogP contribution in [0.25, 0.3) is 5.57 Å². The number of amides is 2. The maximum atomic E-state index is 13.0. The Morgan fingerprint density at radius 1 is 1.12 bits per heavy atom. The number of nitrogens with zero attached hydrogens (tertiary/aromatic N) is 2. The van der Waals surface area contributed by atoms with Gasteiger partial charge < -0.3 is 5.32 Å². The van der Waals surface area contributed by atoms with Crippen molar-refractivity contribution in [2.45, 2.75) is 20.0 Å². The van der Waals surface area contributed by atoms with Gasteiger partial charge in [-0.2, -0.15) is 5.26 Å². The van der Waals surface area contributed by atoms with Gasteiger partial charge in [-0.15, -0.1) is 0 Å². The highest BCUT2D eigenvalue weighted by Crippen LogP contribution is 2.25. The number of nitriles is 1. The van der Waals surface area contributed by atoms with Gasteiger partial charge in [0.1, 0.15) is 6.17 Å². The van der Waals surface area contributed by atoms with E-state index >= 15 is 0 Å². The Kier molecular flexibility index (Phi) is 4.85. The summed E-state index contributed by atoms with van der Waals surface area (Å²) in [5.41, 5.74) is 2.14. The second-order valence-electron chi connectivity index (χ2n) is 6.47. The molecule has 2 aromatic rings. The van der Waals surface area contributed by atoms with Gasteiger partial charge in [-0.1, -0.05) is 44.2 Å². The van der Waals surface area contributed by atoms with Crippen LogP contribution in [-0.4, -0.2) is 22.9 Å². The molecule has 26 heavy (non-hydrogen) atoms. The first-order valence-corrected chi connectivity index (χ1v) is 8.42. The maximum absolute atomic E-state index is 13.0. The molecule has 1 N–H and O–H groups in total. The molecule has 0 aliphatic carbocycles. The number of carbonyl (C=O) groups is 2. The van der Waals surface area contributed by atoms with Gasteiger partial charge in [0.25, 0.3) is 11.8 Å². The van der Waals surface area contributed by atoms with E-state index in [0.29, 0.717) is 22.3 Å². The quantitative estimate of drug-likeness (QED) is 0.929. The molecule has 0 fully saturated rings. The van der Waals surface area contributed by atoms with Gasteiger partial charge in [-0.3, -0.25) is 14.5 Å². The Hall–Kier alpha value is -3.39. The van der Waals surface area contributed by atoms with E-state index in [4.69, 9.17) is 5.26 Å². The molecule has 0 saturated carbocycles. The van der Waals surface area contributed by atoms with Crippen LogP contribution in [0.5, 0.6) is 0 Å². The minimum absolute atomic E-state index is 0.0466. The van der Waals surface area contributed by atoms with Crippen molar-refractivity contribution in [2.24, 2.45) is 5.92 Å². The van der Waals surface area contributed by atoms with E-state index in [9.17, 15) is 9.59 Å². The normalized spacial score (nSPS) is 16.7. The van der Waals surface area contributed by atoms with Crippen molar-refractivity contribution in [2.75, 3.05) is 0 Å². The predicted molar refractivity (Wildman–Crippen MR) is 98.5 cm³/mol. The molecular formula is C21H19N3O2. The lowest BCUT2D eigenvalue weighted by atomic mass is 9.99. The molecule has 130 valence electrons. The summed E-state index contributed by atoms with van der Waals surface area (Å²) in [4.78, 5) is 27.2. The molecule has 1 heterocycles. The first-order valence-electron chi connectivity index (χ1n) is 8.42. The minimum Gasteiger partial charge on any atom is -0.331 e. The Bertz CT molecular complexity index is 893. The molecule has 5 nitrogen and oxygen atoms in total. The van der Waals surface area contributed by atoms with Crippen LogP contribution in [0.4, 0.5) is 0 Å². The largest absolute Gasteiger partial charge is 0.331 e. The Balaban J connectivity index is 2.03. The van der Waals surface area contributed by atoms with Crippen LogP contribution in [-0.2, 0) is 4.79 Å². The van der Waals surface area contributed by atoms with E-state index < -0.39 is 6.17 Å². The number of hydrogen-bond donors (Lipinski definition) is 1. The average Bonchev–Trinajstić information content (AvgIpc) is 2.68. The lowest BCUT2D eigenvalue weighted by Gasteiger charge is -2.36. The molecule has 0 aromatic heterocycles. The number of nitrogens with one attached hydrogen (secondary N) is 1. The van der Waals surface area contributed by atoms with Crippen molar-refractivity contribution in [1.29, 1.82) is 5.26 Å². The molecule has 0 bridgehead atoms. The first-order chi connectivity index (χ1) is 12.5. The summed E-state index contributed by atoms with van der Waals surface area (Å²) in [6.45, 7) is 3.91. The van der Waals surface area contributed by atoms with Crippen molar-refractivity contribution in [3.63, 3.8) is 0 Å².